The van der Waals surface area contributed by atoms with E-state index in [0.717, 1.165) is 0 Å². The van der Waals surface area contributed by atoms with Gasteiger partial charge >= 0.3 is 0 Å². The maximum atomic E-state index is 8.89. The Balaban J connectivity index is 0.000000217. The SMILES string of the molecule is CC(O)Oc1ccc(N)cc1N.Nc1cccc(N)c1. The van der Waals surface area contributed by atoms with Gasteiger partial charge in [0.15, 0.2) is 6.29 Å². The van der Waals surface area contributed by atoms with Gasteiger partial charge in [-0.25, -0.2) is 0 Å². The predicted molar refractivity (Wildman–Crippen MR) is 82.8 cm³/mol. The molecule has 2 rings (SSSR count). The van der Waals surface area contributed by atoms with Gasteiger partial charge in [0, 0.05) is 17.1 Å². The normalized spacial score (nSPS) is 11.1. The number of aliphatic hydroxyl groups excluding tert-OH is 1. The van der Waals surface area contributed by atoms with Crippen LogP contribution in [-0.4, -0.2) is 11.4 Å². The van der Waals surface area contributed by atoms with E-state index >= 15 is 0 Å². The third-order valence-corrected chi connectivity index (χ3v) is 2.24. The summed E-state index contributed by atoms with van der Waals surface area (Å²) in [6, 6.07) is 12.0. The minimum atomic E-state index is -0.865. The number of hydrogen-bond acceptors (Lipinski definition) is 6. The van der Waals surface area contributed by atoms with Crippen LogP contribution in [0.1, 0.15) is 6.92 Å². The Morgan fingerprint density at radius 3 is 1.85 bits per heavy atom. The molecule has 9 N–H and O–H groups in total. The van der Waals surface area contributed by atoms with Crippen molar-refractivity contribution in [3.63, 3.8) is 0 Å². The van der Waals surface area contributed by atoms with Gasteiger partial charge in [-0.05, 0) is 43.3 Å². The summed E-state index contributed by atoms with van der Waals surface area (Å²) >= 11 is 0. The Hall–Kier alpha value is -2.60. The fourth-order valence-corrected chi connectivity index (χ4v) is 1.42. The molecule has 0 aliphatic rings. The summed E-state index contributed by atoms with van der Waals surface area (Å²) in [4.78, 5) is 0. The quantitative estimate of drug-likeness (QED) is 0.416. The highest BCUT2D eigenvalue weighted by Gasteiger charge is 2.02. The summed E-state index contributed by atoms with van der Waals surface area (Å²) in [5.41, 5.74) is 24.2. The second-order valence-corrected chi connectivity index (χ2v) is 4.18. The molecule has 0 spiro atoms. The van der Waals surface area contributed by atoms with Crippen molar-refractivity contribution >= 4 is 22.7 Å². The lowest BCUT2D eigenvalue weighted by Gasteiger charge is -2.10. The average molecular weight is 276 g/mol. The van der Waals surface area contributed by atoms with Gasteiger partial charge in [0.1, 0.15) is 5.75 Å². The van der Waals surface area contributed by atoms with Gasteiger partial charge in [-0.2, -0.15) is 0 Å². The molecule has 1 atom stereocenters. The number of aliphatic hydroxyl groups is 1. The van der Waals surface area contributed by atoms with E-state index in [9.17, 15) is 0 Å². The number of rotatable bonds is 2. The molecule has 0 aliphatic carbocycles. The zero-order valence-corrected chi connectivity index (χ0v) is 11.3. The van der Waals surface area contributed by atoms with E-state index in [4.69, 9.17) is 32.8 Å². The number of hydrogen-bond donors (Lipinski definition) is 5. The lowest BCUT2D eigenvalue weighted by molar-refractivity contribution is 0.000282. The Labute approximate surface area is 117 Å². The zero-order valence-electron chi connectivity index (χ0n) is 11.3. The van der Waals surface area contributed by atoms with Crippen molar-refractivity contribution in [1.82, 2.24) is 0 Å². The number of ether oxygens (including phenoxy) is 1. The van der Waals surface area contributed by atoms with Gasteiger partial charge in [0.2, 0.25) is 0 Å². The van der Waals surface area contributed by atoms with Crippen molar-refractivity contribution in [2.24, 2.45) is 0 Å². The van der Waals surface area contributed by atoms with Crippen LogP contribution in [-0.2, 0) is 0 Å². The molecule has 0 radical (unpaired) electrons. The Morgan fingerprint density at radius 1 is 0.900 bits per heavy atom. The first kappa shape index (κ1) is 15.5. The van der Waals surface area contributed by atoms with Crippen LogP contribution in [0.25, 0.3) is 0 Å². The largest absolute Gasteiger partial charge is 0.463 e. The Morgan fingerprint density at radius 2 is 1.45 bits per heavy atom. The summed E-state index contributed by atoms with van der Waals surface area (Å²) in [6.07, 6.45) is -0.865. The molecule has 0 aromatic heterocycles. The molecule has 6 nitrogen and oxygen atoms in total. The molecule has 0 heterocycles. The highest BCUT2D eigenvalue weighted by Crippen LogP contribution is 2.23. The molecule has 2 aromatic carbocycles. The van der Waals surface area contributed by atoms with Gasteiger partial charge < -0.3 is 32.8 Å². The van der Waals surface area contributed by atoms with E-state index in [1.807, 2.05) is 6.07 Å². The molecule has 2 aromatic rings. The van der Waals surface area contributed by atoms with Crippen LogP contribution in [0.4, 0.5) is 22.7 Å². The molecular formula is C14H20N4O2. The monoisotopic (exact) mass is 276 g/mol. The van der Waals surface area contributed by atoms with Crippen molar-refractivity contribution in [3.05, 3.63) is 42.5 Å². The van der Waals surface area contributed by atoms with Crippen molar-refractivity contribution in [1.29, 1.82) is 0 Å². The Kier molecular flexibility index (Phi) is 5.49. The van der Waals surface area contributed by atoms with Gasteiger partial charge in [0.05, 0.1) is 5.69 Å². The van der Waals surface area contributed by atoms with Crippen LogP contribution in [0.3, 0.4) is 0 Å². The minimum absolute atomic E-state index is 0.427. The molecule has 0 aliphatic heterocycles. The predicted octanol–water partition coefficient (Wildman–Crippen LogP) is 1.42. The standard InChI is InChI=1S/C8H12N2O2.C6H8N2/c1-5(11)12-8-3-2-6(9)4-7(8)10;7-5-2-1-3-6(8)4-5/h2-5,11H,9-10H2,1H3;1-4H,7-8H2. The smallest absolute Gasteiger partial charge is 0.194 e. The first-order valence-corrected chi connectivity index (χ1v) is 5.99. The van der Waals surface area contributed by atoms with Gasteiger partial charge in [0.25, 0.3) is 0 Å². The van der Waals surface area contributed by atoms with Gasteiger partial charge in [-0.1, -0.05) is 6.07 Å². The lowest BCUT2D eigenvalue weighted by Crippen LogP contribution is -2.10. The van der Waals surface area contributed by atoms with Crippen LogP contribution in [0, 0.1) is 0 Å². The topological polar surface area (TPSA) is 134 Å². The second-order valence-electron chi connectivity index (χ2n) is 4.18. The molecule has 6 heteroatoms. The van der Waals surface area contributed by atoms with E-state index in [0.29, 0.717) is 28.5 Å². The number of benzene rings is 2. The average Bonchev–Trinajstić information content (AvgIpc) is 2.33. The molecule has 0 saturated carbocycles. The minimum Gasteiger partial charge on any atom is -0.463 e. The van der Waals surface area contributed by atoms with Crippen molar-refractivity contribution in [2.45, 2.75) is 13.2 Å². The highest BCUT2D eigenvalue weighted by molar-refractivity contribution is 5.60. The van der Waals surface area contributed by atoms with E-state index in [1.165, 1.54) is 6.92 Å². The van der Waals surface area contributed by atoms with Crippen LogP contribution in [0.15, 0.2) is 42.5 Å². The number of nitrogen functional groups attached to an aromatic ring is 4. The summed E-state index contributed by atoms with van der Waals surface area (Å²) in [5.74, 6) is 0.444. The third-order valence-electron chi connectivity index (χ3n) is 2.24. The number of anilines is 4. The highest BCUT2D eigenvalue weighted by atomic mass is 16.6. The first-order valence-electron chi connectivity index (χ1n) is 5.99. The summed E-state index contributed by atoms with van der Waals surface area (Å²) < 4.78 is 4.97. The fraction of sp³-hybridized carbons (Fsp3) is 0.143. The van der Waals surface area contributed by atoms with Crippen LogP contribution < -0.4 is 27.7 Å². The molecule has 108 valence electrons. The molecule has 20 heavy (non-hydrogen) atoms. The van der Waals surface area contributed by atoms with E-state index in [2.05, 4.69) is 0 Å². The van der Waals surface area contributed by atoms with Gasteiger partial charge in [-0.15, -0.1) is 0 Å². The van der Waals surface area contributed by atoms with E-state index in [1.54, 1.807) is 36.4 Å². The van der Waals surface area contributed by atoms with Crippen molar-refractivity contribution < 1.29 is 9.84 Å². The summed E-state index contributed by atoms with van der Waals surface area (Å²) in [7, 11) is 0. The van der Waals surface area contributed by atoms with Crippen LogP contribution in [0.5, 0.6) is 5.75 Å². The molecule has 0 bridgehead atoms. The van der Waals surface area contributed by atoms with Crippen LogP contribution >= 0.6 is 0 Å². The molecular weight excluding hydrogens is 256 g/mol. The van der Waals surface area contributed by atoms with Crippen molar-refractivity contribution in [2.75, 3.05) is 22.9 Å². The number of nitrogens with two attached hydrogens (primary N) is 4. The van der Waals surface area contributed by atoms with E-state index in [-0.39, 0.29) is 0 Å². The summed E-state index contributed by atoms with van der Waals surface area (Å²) in [5, 5.41) is 8.89. The van der Waals surface area contributed by atoms with E-state index < -0.39 is 6.29 Å². The molecule has 0 saturated heterocycles. The maximum Gasteiger partial charge on any atom is 0.194 e. The van der Waals surface area contributed by atoms with Crippen LogP contribution in [0.2, 0.25) is 0 Å². The van der Waals surface area contributed by atoms with Crippen molar-refractivity contribution in [3.8, 4) is 5.75 Å². The van der Waals surface area contributed by atoms with Gasteiger partial charge in [-0.3, -0.25) is 0 Å². The molecule has 1 unspecified atom stereocenters. The molecule has 0 amide bonds. The third kappa shape index (κ3) is 5.36. The fourth-order valence-electron chi connectivity index (χ4n) is 1.42. The second kappa shape index (κ2) is 7.10. The maximum absolute atomic E-state index is 8.89. The lowest BCUT2D eigenvalue weighted by atomic mass is 10.2. The first-order chi connectivity index (χ1) is 9.38. The summed E-state index contributed by atoms with van der Waals surface area (Å²) in [6.45, 7) is 1.51. The Bertz CT molecular complexity index is 541. The zero-order chi connectivity index (χ0) is 15.1. The molecule has 0 fully saturated rings.